The lowest BCUT2D eigenvalue weighted by molar-refractivity contribution is 0.00447. The van der Waals surface area contributed by atoms with E-state index >= 15 is 0 Å². The van der Waals surface area contributed by atoms with Crippen LogP contribution in [-0.4, -0.2) is 36.7 Å². The van der Waals surface area contributed by atoms with E-state index in [1.165, 1.54) is 37.7 Å². The summed E-state index contributed by atoms with van der Waals surface area (Å²) in [5.41, 5.74) is 1.21. The van der Waals surface area contributed by atoms with Crippen molar-refractivity contribution in [3.8, 4) is 0 Å². The smallest absolute Gasteiger partial charge is 0.317 e. The van der Waals surface area contributed by atoms with E-state index in [-0.39, 0.29) is 12.1 Å². The molecule has 1 saturated heterocycles. The summed E-state index contributed by atoms with van der Waals surface area (Å²) < 4.78 is 5.99. The molecule has 1 saturated carbocycles. The second kappa shape index (κ2) is 9.81. The van der Waals surface area contributed by atoms with E-state index in [0.717, 1.165) is 44.8 Å². The van der Waals surface area contributed by atoms with Gasteiger partial charge in [-0.2, -0.15) is 0 Å². The molecule has 1 aliphatic heterocycles. The predicted octanol–water partition coefficient (Wildman–Crippen LogP) is 4.35. The fourth-order valence-corrected chi connectivity index (χ4v) is 4.01. The summed E-state index contributed by atoms with van der Waals surface area (Å²) in [6.45, 7) is 3.08. The van der Waals surface area contributed by atoms with Crippen molar-refractivity contribution in [2.45, 2.75) is 64.1 Å². The number of hydrogen-bond donors (Lipinski definition) is 1. The van der Waals surface area contributed by atoms with Crippen LogP contribution >= 0.6 is 0 Å². The van der Waals surface area contributed by atoms with E-state index in [0.29, 0.717) is 6.61 Å². The molecule has 0 spiro atoms. The van der Waals surface area contributed by atoms with Crippen molar-refractivity contribution in [2.24, 2.45) is 5.92 Å². The van der Waals surface area contributed by atoms with Crippen LogP contribution in [0.15, 0.2) is 30.3 Å². The minimum Gasteiger partial charge on any atom is -0.373 e. The summed E-state index contributed by atoms with van der Waals surface area (Å²) in [6, 6.07) is 10.4. The normalized spacial score (nSPS) is 19.3. The van der Waals surface area contributed by atoms with Crippen LogP contribution in [0.4, 0.5) is 4.79 Å². The molecule has 1 aliphatic carbocycles. The van der Waals surface area contributed by atoms with Gasteiger partial charge in [-0.15, -0.1) is 0 Å². The van der Waals surface area contributed by atoms with Gasteiger partial charge >= 0.3 is 6.03 Å². The zero-order chi connectivity index (χ0) is 17.3. The van der Waals surface area contributed by atoms with Crippen molar-refractivity contribution in [2.75, 3.05) is 19.6 Å². The summed E-state index contributed by atoms with van der Waals surface area (Å²) in [5, 5.41) is 3.10. The molecule has 1 heterocycles. The Morgan fingerprint density at radius 1 is 1.08 bits per heavy atom. The number of carbonyl (C=O) groups excluding carboxylic acids is 1. The van der Waals surface area contributed by atoms with Crippen LogP contribution in [0.1, 0.15) is 56.9 Å². The second-order valence-corrected chi connectivity index (χ2v) is 7.51. The van der Waals surface area contributed by atoms with E-state index in [2.05, 4.69) is 17.4 Å². The van der Waals surface area contributed by atoms with Gasteiger partial charge in [-0.05, 0) is 37.2 Å². The van der Waals surface area contributed by atoms with Crippen LogP contribution < -0.4 is 5.32 Å². The molecule has 2 fully saturated rings. The van der Waals surface area contributed by atoms with Gasteiger partial charge < -0.3 is 15.0 Å². The number of nitrogens with one attached hydrogen (secondary N) is 1. The van der Waals surface area contributed by atoms with Crippen LogP contribution in [0.25, 0.3) is 0 Å². The molecule has 2 amide bonds. The van der Waals surface area contributed by atoms with E-state index in [1.807, 2.05) is 23.1 Å². The van der Waals surface area contributed by atoms with Crippen molar-refractivity contribution in [1.29, 1.82) is 0 Å². The molecule has 0 unspecified atom stereocenters. The van der Waals surface area contributed by atoms with Crippen molar-refractivity contribution < 1.29 is 9.53 Å². The number of amides is 2. The quantitative estimate of drug-likeness (QED) is 0.747. The standard InChI is InChI=1S/C21H32N2O2/c24-21(22-14-6-11-18-7-4-5-8-18)23-15-12-20(13-16-23)25-17-19-9-2-1-3-10-19/h1-3,9-10,18,20H,4-8,11-17H2,(H,22,24). The van der Waals surface area contributed by atoms with Gasteiger partial charge in [0.05, 0.1) is 12.7 Å². The highest BCUT2D eigenvalue weighted by Gasteiger charge is 2.23. The van der Waals surface area contributed by atoms with Gasteiger partial charge in [0.2, 0.25) is 0 Å². The molecule has 1 aromatic rings. The second-order valence-electron chi connectivity index (χ2n) is 7.51. The fourth-order valence-electron chi connectivity index (χ4n) is 4.01. The molecule has 0 atom stereocenters. The van der Waals surface area contributed by atoms with Crippen molar-refractivity contribution in [1.82, 2.24) is 10.2 Å². The largest absolute Gasteiger partial charge is 0.373 e. The first-order valence-corrected chi connectivity index (χ1v) is 9.99. The third kappa shape index (κ3) is 6.03. The Morgan fingerprint density at radius 2 is 1.80 bits per heavy atom. The summed E-state index contributed by atoms with van der Waals surface area (Å²) in [6.07, 6.45) is 10.1. The van der Waals surface area contributed by atoms with E-state index in [4.69, 9.17) is 4.74 Å². The summed E-state index contributed by atoms with van der Waals surface area (Å²) in [7, 11) is 0. The SMILES string of the molecule is O=C(NCCCC1CCCC1)N1CCC(OCc2ccccc2)CC1. The van der Waals surface area contributed by atoms with Crippen LogP contribution in [0.2, 0.25) is 0 Å². The fraction of sp³-hybridized carbons (Fsp3) is 0.667. The molecule has 2 aliphatic rings. The Kier molecular flexibility index (Phi) is 7.16. The maximum absolute atomic E-state index is 12.3. The Labute approximate surface area is 151 Å². The number of urea groups is 1. The highest BCUT2D eigenvalue weighted by molar-refractivity contribution is 5.74. The van der Waals surface area contributed by atoms with E-state index in [9.17, 15) is 4.79 Å². The first kappa shape index (κ1) is 18.2. The van der Waals surface area contributed by atoms with Crippen LogP contribution in [0, 0.1) is 5.92 Å². The highest BCUT2D eigenvalue weighted by atomic mass is 16.5. The molecular formula is C21H32N2O2. The average Bonchev–Trinajstić information content (AvgIpc) is 3.18. The monoisotopic (exact) mass is 344 g/mol. The third-order valence-electron chi connectivity index (χ3n) is 5.60. The lowest BCUT2D eigenvalue weighted by Gasteiger charge is -2.32. The molecule has 0 bridgehead atoms. The lowest BCUT2D eigenvalue weighted by Crippen LogP contribution is -2.46. The number of hydrogen-bond acceptors (Lipinski definition) is 2. The van der Waals surface area contributed by atoms with Gasteiger partial charge in [0.1, 0.15) is 0 Å². The minimum absolute atomic E-state index is 0.105. The van der Waals surface area contributed by atoms with Crippen LogP contribution in [-0.2, 0) is 11.3 Å². The topological polar surface area (TPSA) is 41.6 Å². The highest BCUT2D eigenvalue weighted by Crippen LogP contribution is 2.28. The zero-order valence-electron chi connectivity index (χ0n) is 15.3. The lowest BCUT2D eigenvalue weighted by atomic mass is 10.0. The molecule has 0 radical (unpaired) electrons. The van der Waals surface area contributed by atoms with Gasteiger partial charge in [-0.25, -0.2) is 4.79 Å². The summed E-state index contributed by atoms with van der Waals surface area (Å²) in [4.78, 5) is 14.2. The van der Waals surface area contributed by atoms with Crippen molar-refractivity contribution in [3.63, 3.8) is 0 Å². The van der Waals surface area contributed by atoms with Gasteiger partial charge in [0, 0.05) is 19.6 Å². The molecule has 25 heavy (non-hydrogen) atoms. The number of nitrogens with zero attached hydrogens (tertiary/aromatic N) is 1. The number of likely N-dealkylation sites (tertiary alicyclic amines) is 1. The van der Waals surface area contributed by atoms with Crippen molar-refractivity contribution >= 4 is 6.03 Å². The first-order chi connectivity index (χ1) is 12.3. The average molecular weight is 344 g/mol. The zero-order valence-corrected chi connectivity index (χ0v) is 15.3. The van der Waals surface area contributed by atoms with E-state index in [1.54, 1.807) is 0 Å². The Hall–Kier alpha value is -1.55. The summed E-state index contributed by atoms with van der Waals surface area (Å²) in [5.74, 6) is 0.911. The molecular weight excluding hydrogens is 312 g/mol. The molecule has 138 valence electrons. The van der Waals surface area contributed by atoms with Crippen molar-refractivity contribution in [3.05, 3.63) is 35.9 Å². The molecule has 0 aromatic heterocycles. The van der Waals surface area contributed by atoms with Gasteiger partial charge in [0.15, 0.2) is 0 Å². The van der Waals surface area contributed by atoms with Gasteiger partial charge in [-0.3, -0.25) is 0 Å². The number of rotatable bonds is 7. The maximum atomic E-state index is 12.3. The number of benzene rings is 1. The molecule has 3 rings (SSSR count). The molecule has 1 N–H and O–H groups in total. The first-order valence-electron chi connectivity index (χ1n) is 9.99. The molecule has 4 nitrogen and oxygen atoms in total. The molecule has 4 heteroatoms. The number of piperidine rings is 1. The Balaban J connectivity index is 1.27. The van der Waals surface area contributed by atoms with Gasteiger partial charge in [-0.1, -0.05) is 56.0 Å². The minimum atomic E-state index is 0.105. The molecule has 1 aromatic carbocycles. The van der Waals surface area contributed by atoms with Crippen LogP contribution in [0.5, 0.6) is 0 Å². The Morgan fingerprint density at radius 3 is 2.52 bits per heavy atom. The third-order valence-corrected chi connectivity index (χ3v) is 5.60. The number of carbonyl (C=O) groups is 1. The van der Waals surface area contributed by atoms with Gasteiger partial charge in [0.25, 0.3) is 0 Å². The summed E-state index contributed by atoms with van der Waals surface area (Å²) >= 11 is 0. The predicted molar refractivity (Wildman–Crippen MR) is 100 cm³/mol. The van der Waals surface area contributed by atoms with Crippen LogP contribution in [0.3, 0.4) is 0 Å². The number of ether oxygens (including phenoxy) is 1. The maximum Gasteiger partial charge on any atom is 0.317 e. The van der Waals surface area contributed by atoms with E-state index < -0.39 is 0 Å². The Bertz CT molecular complexity index is 506.